The molecule has 1 aromatic rings. The van der Waals surface area contributed by atoms with E-state index < -0.39 is 6.10 Å². The summed E-state index contributed by atoms with van der Waals surface area (Å²) in [6, 6.07) is 8.96. The van der Waals surface area contributed by atoms with Gasteiger partial charge in [0.15, 0.2) is 0 Å². The molecule has 1 aromatic carbocycles. The van der Waals surface area contributed by atoms with Crippen LogP contribution in [0.5, 0.6) is 0 Å². The maximum absolute atomic E-state index is 10.9. The zero-order chi connectivity index (χ0) is 25.3. The quantitative estimate of drug-likeness (QED) is 0.346. The lowest BCUT2D eigenvalue weighted by molar-refractivity contribution is 0.107. The summed E-state index contributed by atoms with van der Waals surface area (Å²) >= 11 is 0. The van der Waals surface area contributed by atoms with Crippen LogP contribution in [0.3, 0.4) is 0 Å². The smallest absolute Gasteiger partial charge is 0.127 e. The fourth-order valence-electron chi connectivity index (χ4n) is 4.17. The van der Waals surface area contributed by atoms with E-state index in [1.807, 2.05) is 6.08 Å². The molecule has 0 aromatic heterocycles. The molecular weight excluding hydrogens is 436 g/mol. The van der Waals surface area contributed by atoms with Gasteiger partial charge in [0.1, 0.15) is 5.82 Å². The number of rotatable bonds is 12. The number of nitrogens with zero attached hydrogens (tertiary/aromatic N) is 3. The van der Waals surface area contributed by atoms with Gasteiger partial charge in [-0.3, -0.25) is 9.89 Å². The number of β-amino-alcohol motifs (C(OH)–C–C–N with tert-alkyl or cyclic N) is 1. The van der Waals surface area contributed by atoms with E-state index in [-0.39, 0.29) is 5.41 Å². The molecule has 1 atom stereocenters. The largest absolute Gasteiger partial charge is 0.390 e. The summed E-state index contributed by atoms with van der Waals surface area (Å²) in [5.74, 6) is 0.723. The Morgan fingerprint density at radius 2 is 2.03 bits per heavy atom. The highest BCUT2D eigenvalue weighted by molar-refractivity contribution is 6.08. The molecule has 7 nitrogen and oxygen atoms in total. The Bertz CT molecular complexity index is 926. The highest BCUT2D eigenvalue weighted by Crippen LogP contribution is 2.19. The molecule has 192 valence electrons. The van der Waals surface area contributed by atoms with E-state index in [1.165, 1.54) is 11.1 Å². The van der Waals surface area contributed by atoms with E-state index in [0.717, 1.165) is 56.3 Å². The van der Waals surface area contributed by atoms with Crippen molar-refractivity contribution >= 4 is 12.4 Å². The molecular formula is C28H44N6O. The van der Waals surface area contributed by atoms with Crippen LogP contribution < -0.4 is 16.0 Å². The molecule has 0 radical (unpaired) electrons. The monoisotopic (exact) mass is 480 g/mol. The number of benzene rings is 1. The van der Waals surface area contributed by atoms with E-state index in [4.69, 9.17) is 4.99 Å². The fourth-order valence-corrected chi connectivity index (χ4v) is 4.17. The van der Waals surface area contributed by atoms with Crippen LogP contribution in [0.4, 0.5) is 0 Å². The number of aliphatic hydroxyl groups is 1. The van der Waals surface area contributed by atoms with E-state index >= 15 is 0 Å². The second-order valence-electron chi connectivity index (χ2n) is 10.8. The molecule has 0 bridgehead atoms. The Hall–Kier alpha value is -2.48. The highest BCUT2D eigenvalue weighted by atomic mass is 16.3. The molecule has 0 spiro atoms. The van der Waals surface area contributed by atoms with Gasteiger partial charge < -0.3 is 21.1 Å². The number of allylic oxidation sites excluding steroid dienone is 2. The first-order chi connectivity index (χ1) is 16.8. The molecule has 7 heteroatoms. The van der Waals surface area contributed by atoms with Gasteiger partial charge in [0.05, 0.1) is 23.6 Å². The first-order valence-corrected chi connectivity index (χ1v) is 12.9. The average molecular weight is 481 g/mol. The van der Waals surface area contributed by atoms with Gasteiger partial charge in [-0.25, -0.2) is 4.99 Å². The van der Waals surface area contributed by atoms with Gasteiger partial charge in [0.25, 0.3) is 0 Å². The van der Waals surface area contributed by atoms with Crippen LogP contribution in [0.15, 0.2) is 57.9 Å². The van der Waals surface area contributed by atoms with Gasteiger partial charge in [-0.05, 0) is 36.1 Å². The van der Waals surface area contributed by atoms with Crippen LogP contribution in [-0.2, 0) is 13.0 Å². The topological polar surface area (TPSA) is 84.3 Å². The minimum absolute atomic E-state index is 0.0631. The van der Waals surface area contributed by atoms with Crippen molar-refractivity contribution in [2.45, 2.75) is 59.2 Å². The summed E-state index contributed by atoms with van der Waals surface area (Å²) in [5, 5.41) is 21.0. The summed E-state index contributed by atoms with van der Waals surface area (Å²) in [6.45, 7) is 17.9. The van der Waals surface area contributed by atoms with Gasteiger partial charge in [0, 0.05) is 51.9 Å². The molecule has 1 fully saturated rings. The summed E-state index contributed by atoms with van der Waals surface area (Å²) in [6.07, 6.45) is 5.52. The van der Waals surface area contributed by atoms with Crippen molar-refractivity contribution in [3.63, 3.8) is 0 Å². The molecule has 2 heterocycles. The molecule has 4 N–H and O–H groups in total. The maximum atomic E-state index is 10.9. The Kier molecular flexibility index (Phi) is 10.1. The standard InChI is InChI=1S/C28H44N6O/c1-6-9-25(26(32-20-28(2,3)4)14-27(29-5)33-23-15-30-16-23)31-17-24(35)19-34-13-12-21-10-7-8-11-22(21)18-34/h7-11,14,23-24,30-31,33,35H,5-6,12-13,15-20H2,1-4H3/b25-9+,27-14+,32-26+. The predicted octanol–water partition coefficient (Wildman–Crippen LogP) is 2.88. The number of hydrogen-bond acceptors (Lipinski definition) is 7. The van der Waals surface area contributed by atoms with E-state index in [0.29, 0.717) is 25.7 Å². The maximum Gasteiger partial charge on any atom is 0.127 e. The number of aliphatic imine (C=N–C) groups is 2. The normalized spacial score (nSPS) is 19.1. The predicted molar refractivity (Wildman–Crippen MR) is 147 cm³/mol. The lowest BCUT2D eigenvalue weighted by Crippen LogP contribution is -2.54. The molecule has 2 aliphatic heterocycles. The van der Waals surface area contributed by atoms with Gasteiger partial charge in [-0.1, -0.05) is 58.0 Å². The van der Waals surface area contributed by atoms with Crippen molar-refractivity contribution in [3.05, 3.63) is 59.1 Å². The SMILES string of the molecule is C=N\C(=C/C(=N\CC(C)(C)C)C(=C\CC)/NCC(O)CN1CCc2ccccc2C1)NC1CNC1. The van der Waals surface area contributed by atoms with Crippen LogP contribution >= 0.6 is 0 Å². The fraction of sp³-hybridized carbons (Fsp3) is 0.571. The lowest BCUT2D eigenvalue weighted by atomic mass is 9.97. The van der Waals surface area contributed by atoms with Crippen LogP contribution in [0, 0.1) is 5.41 Å². The van der Waals surface area contributed by atoms with Gasteiger partial charge in [-0.15, -0.1) is 0 Å². The minimum Gasteiger partial charge on any atom is -0.390 e. The van der Waals surface area contributed by atoms with Crippen molar-refractivity contribution < 1.29 is 5.11 Å². The third-order valence-electron chi connectivity index (χ3n) is 6.19. The zero-order valence-corrected chi connectivity index (χ0v) is 22.0. The number of nitrogens with one attached hydrogen (secondary N) is 3. The molecule has 3 rings (SSSR count). The van der Waals surface area contributed by atoms with Crippen molar-refractivity contribution in [3.8, 4) is 0 Å². The number of fused-ring (bicyclic) bond motifs is 1. The number of hydrogen-bond donors (Lipinski definition) is 4. The second kappa shape index (κ2) is 13.0. The van der Waals surface area contributed by atoms with Gasteiger partial charge in [-0.2, -0.15) is 0 Å². The molecule has 35 heavy (non-hydrogen) atoms. The summed E-state index contributed by atoms with van der Waals surface area (Å²) in [4.78, 5) is 11.5. The Morgan fingerprint density at radius 3 is 2.66 bits per heavy atom. The lowest BCUT2D eigenvalue weighted by Gasteiger charge is -2.30. The van der Waals surface area contributed by atoms with Crippen LogP contribution in [0.2, 0.25) is 0 Å². The Morgan fingerprint density at radius 1 is 1.29 bits per heavy atom. The second-order valence-corrected chi connectivity index (χ2v) is 10.8. The Balaban J connectivity index is 1.66. The number of aliphatic hydroxyl groups excluding tert-OH is 1. The summed E-state index contributed by atoms with van der Waals surface area (Å²) in [5.41, 5.74) is 4.62. The van der Waals surface area contributed by atoms with Crippen molar-refractivity contribution in [2.75, 3.05) is 39.3 Å². The van der Waals surface area contributed by atoms with E-state index in [1.54, 1.807) is 0 Å². The molecule has 0 aliphatic carbocycles. The van der Waals surface area contributed by atoms with Gasteiger partial charge in [0.2, 0.25) is 0 Å². The van der Waals surface area contributed by atoms with E-state index in [2.05, 4.69) is 90.6 Å². The molecule has 1 saturated heterocycles. The zero-order valence-electron chi connectivity index (χ0n) is 22.0. The van der Waals surface area contributed by atoms with E-state index in [9.17, 15) is 5.11 Å². The third kappa shape index (κ3) is 8.91. The summed E-state index contributed by atoms with van der Waals surface area (Å²) in [7, 11) is 0. The van der Waals surface area contributed by atoms with Crippen molar-refractivity contribution in [1.29, 1.82) is 0 Å². The molecule has 0 amide bonds. The first kappa shape index (κ1) is 27.1. The Labute approximate surface area is 211 Å². The average Bonchev–Trinajstić information content (AvgIpc) is 2.79. The minimum atomic E-state index is -0.482. The van der Waals surface area contributed by atoms with Crippen molar-refractivity contribution in [2.24, 2.45) is 15.4 Å². The molecule has 1 unspecified atom stereocenters. The van der Waals surface area contributed by atoms with Crippen LogP contribution in [-0.4, -0.2) is 73.8 Å². The summed E-state index contributed by atoms with van der Waals surface area (Å²) < 4.78 is 0. The van der Waals surface area contributed by atoms with Gasteiger partial charge >= 0.3 is 0 Å². The third-order valence-corrected chi connectivity index (χ3v) is 6.19. The van der Waals surface area contributed by atoms with Crippen LogP contribution in [0.25, 0.3) is 0 Å². The van der Waals surface area contributed by atoms with Crippen LogP contribution in [0.1, 0.15) is 45.2 Å². The first-order valence-electron chi connectivity index (χ1n) is 12.9. The highest BCUT2D eigenvalue weighted by Gasteiger charge is 2.20. The van der Waals surface area contributed by atoms with Crippen molar-refractivity contribution in [1.82, 2.24) is 20.9 Å². The molecule has 0 saturated carbocycles. The molecule has 2 aliphatic rings.